The Hall–Kier alpha value is -1.71. The van der Waals surface area contributed by atoms with Gasteiger partial charge in [-0.15, -0.1) is 0 Å². The van der Waals surface area contributed by atoms with Crippen molar-refractivity contribution in [2.75, 3.05) is 50.4 Å². The standard InChI is InChI=1S/C15H19F3N2O4/c1-22-19-11-6-10-8-14(9-21,15(16,17)18)24-13(10)7-12(11)20-2-4-23-5-3-20/h6-7,19,21H,2-5,8-9H2,1H3. The maximum absolute atomic E-state index is 13.3. The predicted octanol–water partition coefficient (Wildman–Crippen LogP) is 1.72. The highest BCUT2D eigenvalue weighted by atomic mass is 19.4. The zero-order chi connectivity index (χ0) is 17.4. The third-order valence-corrected chi connectivity index (χ3v) is 4.30. The lowest BCUT2D eigenvalue weighted by Gasteiger charge is -2.31. The highest BCUT2D eigenvalue weighted by molar-refractivity contribution is 5.74. The molecule has 0 amide bonds. The van der Waals surface area contributed by atoms with Gasteiger partial charge in [0.05, 0.1) is 38.3 Å². The van der Waals surface area contributed by atoms with Gasteiger partial charge < -0.3 is 19.5 Å². The monoisotopic (exact) mass is 348 g/mol. The Morgan fingerprint density at radius 3 is 2.62 bits per heavy atom. The van der Waals surface area contributed by atoms with Crippen LogP contribution in [0.15, 0.2) is 12.1 Å². The summed E-state index contributed by atoms with van der Waals surface area (Å²) in [7, 11) is 1.43. The quantitative estimate of drug-likeness (QED) is 0.808. The highest BCUT2D eigenvalue weighted by Gasteiger charge is 2.60. The van der Waals surface area contributed by atoms with Crippen LogP contribution in [-0.4, -0.2) is 56.9 Å². The Morgan fingerprint density at radius 2 is 2.04 bits per heavy atom. The minimum atomic E-state index is -4.67. The fraction of sp³-hybridized carbons (Fsp3) is 0.600. The zero-order valence-electron chi connectivity index (χ0n) is 13.2. The topological polar surface area (TPSA) is 63.2 Å². The number of aliphatic hydroxyl groups excluding tert-OH is 1. The second kappa shape index (κ2) is 6.30. The van der Waals surface area contributed by atoms with Gasteiger partial charge in [-0.25, -0.2) is 0 Å². The van der Waals surface area contributed by atoms with Crippen molar-refractivity contribution in [1.82, 2.24) is 0 Å². The molecule has 1 atom stereocenters. The highest BCUT2D eigenvalue weighted by Crippen LogP contribution is 2.47. The van der Waals surface area contributed by atoms with Crippen LogP contribution in [0.3, 0.4) is 0 Å². The molecule has 1 unspecified atom stereocenters. The summed E-state index contributed by atoms with van der Waals surface area (Å²) in [6, 6.07) is 3.14. The second-order valence-electron chi connectivity index (χ2n) is 5.81. The number of nitrogens with zero attached hydrogens (tertiary/aromatic N) is 1. The molecular weight excluding hydrogens is 329 g/mol. The van der Waals surface area contributed by atoms with Gasteiger partial charge in [0, 0.05) is 31.1 Å². The number of anilines is 2. The van der Waals surface area contributed by atoms with Crippen molar-refractivity contribution in [2.24, 2.45) is 0 Å². The molecule has 0 aliphatic carbocycles. The van der Waals surface area contributed by atoms with Gasteiger partial charge in [-0.2, -0.15) is 13.2 Å². The zero-order valence-corrected chi connectivity index (χ0v) is 13.2. The predicted molar refractivity (Wildman–Crippen MR) is 80.3 cm³/mol. The summed E-state index contributed by atoms with van der Waals surface area (Å²) < 4.78 is 50.5. The van der Waals surface area contributed by atoms with Gasteiger partial charge in [0.25, 0.3) is 0 Å². The Morgan fingerprint density at radius 1 is 1.33 bits per heavy atom. The lowest BCUT2D eigenvalue weighted by atomic mass is 9.97. The molecule has 0 bridgehead atoms. The van der Waals surface area contributed by atoms with Crippen LogP contribution in [0.25, 0.3) is 0 Å². The molecule has 2 N–H and O–H groups in total. The van der Waals surface area contributed by atoms with E-state index in [4.69, 9.17) is 14.3 Å². The SMILES string of the molecule is CONc1cc2c(cc1N1CCOCC1)OC(CO)(C(F)(F)F)C2. The van der Waals surface area contributed by atoms with Crippen molar-refractivity contribution < 1.29 is 32.6 Å². The molecule has 0 radical (unpaired) electrons. The van der Waals surface area contributed by atoms with Crippen LogP contribution in [0.4, 0.5) is 24.5 Å². The molecule has 3 rings (SSSR count). The molecular formula is C15H19F3N2O4. The van der Waals surface area contributed by atoms with Gasteiger partial charge in [-0.05, 0) is 6.07 Å². The molecule has 1 saturated heterocycles. The van der Waals surface area contributed by atoms with E-state index in [0.29, 0.717) is 43.2 Å². The number of hydrogen-bond donors (Lipinski definition) is 2. The first kappa shape index (κ1) is 17.1. The molecule has 134 valence electrons. The second-order valence-corrected chi connectivity index (χ2v) is 5.81. The van der Waals surface area contributed by atoms with Crippen molar-refractivity contribution in [3.8, 4) is 5.75 Å². The molecule has 1 aromatic carbocycles. The molecule has 24 heavy (non-hydrogen) atoms. The number of morpholine rings is 1. The molecule has 9 heteroatoms. The van der Waals surface area contributed by atoms with Crippen LogP contribution in [0, 0.1) is 0 Å². The normalized spacial score (nSPS) is 23.8. The van der Waals surface area contributed by atoms with Crippen LogP contribution < -0.4 is 15.1 Å². The number of fused-ring (bicyclic) bond motifs is 1. The first-order valence-corrected chi connectivity index (χ1v) is 7.55. The van der Waals surface area contributed by atoms with Crippen molar-refractivity contribution in [1.29, 1.82) is 0 Å². The van der Waals surface area contributed by atoms with Gasteiger partial charge in [0.2, 0.25) is 5.60 Å². The van der Waals surface area contributed by atoms with Gasteiger partial charge >= 0.3 is 6.18 Å². The smallest absolute Gasteiger partial charge is 0.430 e. The summed E-state index contributed by atoms with van der Waals surface area (Å²) in [5.74, 6) is 0.129. The lowest BCUT2D eigenvalue weighted by Crippen LogP contribution is -2.52. The summed E-state index contributed by atoms with van der Waals surface area (Å²) in [6.07, 6.45) is -5.11. The number of rotatable bonds is 4. The van der Waals surface area contributed by atoms with E-state index in [9.17, 15) is 18.3 Å². The first-order chi connectivity index (χ1) is 11.4. The third kappa shape index (κ3) is 2.87. The number of benzene rings is 1. The number of nitrogens with one attached hydrogen (secondary N) is 1. The van der Waals surface area contributed by atoms with Gasteiger partial charge in [0.15, 0.2) is 0 Å². The van der Waals surface area contributed by atoms with Crippen LogP contribution in [0.5, 0.6) is 5.75 Å². The molecule has 2 aliphatic heterocycles. The van der Waals surface area contributed by atoms with Crippen LogP contribution in [0.2, 0.25) is 0 Å². The summed E-state index contributed by atoms with van der Waals surface area (Å²) in [5, 5.41) is 9.30. The maximum atomic E-state index is 13.3. The number of halogens is 3. The third-order valence-electron chi connectivity index (χ3n) is 4.30. The van der Waals surface area contributed by atoms with Gasteiger partial charge in [-0.1, -0.05) is 0 Å². The van der Waals surface area contributed by atoms with E-state index < -0.39 is 24.8 Å². The summed E-state index contributed by atoms with van der Waals surface area (Å²) in [6.45, 7) is 1.16. The van der Waals surface area contributed by atoms with Crippen molar-refractivity contribution in [3.05, 3.63) is 17.7 Å². The number of hydrogen-bond acceptors (Lipinski definition) is 6. The van der Waals surface area contributed by atoms with E-state index in [1.807, 2.05) is 4.90 Å². The molecule has 6 nitrogen and oxygen atoms in total. The van der Waals surface area contributed by atoms with Crippen LogP contribution >= 0.6 is 0 Å². The van der Waals surface area contributed by atoms with E-state index in [0.717, 1.165) is 0 Å². The molecule has 0 spiro atoms. The fourth-order valence-corrected chi connectivity index (χ4v) is 2.99. The first-order valence-electron chi connectivity index (χ1n) is 7.55. The van der Waals surface area contributed by atoms with Crippen molar-refractivity contribution in [2.45, 2.75) is 18.2 Å². The average molecular weight is 348 g/mol. The van der Waals surface area contributed by atoms with Gasteiger partial charge in [0.1, 0.15) is 5.75 Å². The number of ether oxygens (including phenoxy) is 2. The summed E-state index contributed by atoms with van der Waals surface area (Å²) >= 11 is 0. The Balaban J connectivity index is 1.98. The van der Waals surface area contributed by atoms with E-state index in [1.54, 1.807) is 12.1 Å². The lowest BCUT2D eigenvalue weighted by molar-refractivity contribution is -0.252. The van der Waals surface area contributed by atoms with E-state index in [1.165, 1.54) is 7.11 Å². The average Bonchev–Trinajstić information content (AvgIpc) is 2.94. The van der Waals surface area contributed by atoms with E-state index in [2.05, 4.69) is 5.48 Å². The molecule has 0 saturated carbocycles. The number of alkyl halides is 3. The minimum absolute atomic E-state index is 0.129. The molecule has 1 aromatic rings. The Bertz CT molecular complexity index is 605. The van der Waals surface area contributed by atoms with Crippen LogP contribution in [-0.2, 0) is 16.0 Å². The van der Waals surface area contributed by atoms with Gasteiger partial charge in [-0.3, -0.25) is 10.3 Å². The Labute approximate surface area is 137 Å². The Kier molecular flexibility index (Phi) is 4.50. The molecule has 1 fully saturated rings. The number of aliphatic hydroxyl groups is 1. The largest absolute Gasteiger partial charge is 0.475 e. The fourth-order valence-electron chi connectivity index (χ4n) is 2.99. The van der Waals surface area contributed by atoms with Crippen LogP contribution in [0.1, 0.15) is 5.56 Å². The van der Waals surface area contributed by atoms with E-state index in [-0.39, 0.29) is 5.75 Å². The maximum Gasteiger partial charge on any atom is 0.430 e. The minimum Gasteiger partial charge on any atom is -0.475 e. The molecule has 0 aromatic heterocycles. The summed E-state index contributed by atoms with van der Waals surface area (Å²) in [5.41, 5.74) is 1.71. The van der Waals surface area contributed by atoms with Crippen molar-refractivity contribution >= 4 is 11.4 Å². The molecule has 2 heterocycles. The van der Waals surface area contributed by atoms with Crippen molar-refractivity contribution in [3.63, 3.8) is 0 Å². The molecule has 2 aliphatic rings. The summed E-state index contributed by atoms with van der Waals surface area (Å²) in [4.78, 5) is 6.93. The van der Waals surface area contributed by atoms with E-state index >= 15 is 0 Å².